The zero-order valence-electron chi connectivity index (χ0n) is 40.8. The Morgan fingerprint density at radius 1 is 0.890 bits per heavy atom. The van der Waals surface area contributed by atoms with E-state index in [0.717, 1.165) is 74.4 Å². The molecule has 394 valence electrons. The van der Waals surface area contributed by atoms with Crippen molar-refractivity contribution < 1.29 is 60.1 Å². The molecule has 4 aromatic rings. The number of hydrogen-bond donors (Lipinski definition) is 6. The molecule has 3 fully saturated rings. The molecule has 7 N–H and O–H groups in total. The topological polar surface area (TPSA) is 203 Å². The van der Waals surface area contributed by atoms with Gasteiger partial charge >= 0.3 is 18.8 Å². The Balaban J connectivity index is 1.12. The summed E-state index contributed by atoms with van der Waals surface area (Å²) in [6, 6.07) is 9.20. The van der Waals surface area contributed by atoms with Gasteiger partial charge in [0, 0.05) is 72.9 Å². The van der Waals surface area contributed by atoms with Crippen molar-refractivity contribution in [3.8, 4) is 23.1 Å². The Kier molecular flexibility index (Phi) is 16.4. The maximum Gasteiger partial charge on any atom is 0.405 e. The molecule has 0 radical (unpaired) electrons. The number of carboxylic acid groups (broad SMARTS) is 1. The summed E-state index contributed by atoms with van der Waals surface area (Å²) in [7, 11) is 0. The molecule has 0 aliphatic carbocycles. The van der Waals surface area contributed by atoms with Gasteiger partial charge in [-0.1, -0.05) is 44.7 Å². The molecule has 73 heavy (non-hydrogen) atoms. The van der Waals surface area contributed by atoms with Gasteiger partial charge in [0.15, 0.2) is 0 Å². The van der Waals surface area contributed by atoms with E-state index in [2.05, 4.69) is 37.5 Å². The van der Waals surface area contributed by atoms with Crippen LogP contribution in [-0.4, -0.2) is 134 Å². The number of fused-ring (bicyclic) bond motifs is 2. The number of amides is 3. The first kappa shape index (κ1) is 54.5. The third-order valence-corrected chi connectivity index (χ3v) is 13.7. The fourth-order valence-electron chi connectivity index (χ4n) is 9.11. The molecule has 0 spiro atoms. The summed E-state index contributed by atoms with van der Waals surface area (Å²) in [4.78, 5) is 48.7. The Labute approximate surface area is 417 Å². The highest BCUT2D eigenvalue weighted by atomic mass is 19.4. The molecular formula is C50H59F7N10O6. The molecule has 0 saturated carbocycles. The molecule has 3 saturated heterocycles. The first-order valence-electron chi connectivity index (χ1n) is 23.6. The SMILES string of the molecule is CC(C)(C)C(N)C(=O)NN(Cc1c(F)cc(-c2ccn(C(F)F)n2)cc1F)C[C@H](O)[C@H](Cc1ccc(C#Cc2ccc(N3CC4CCC(C3)N4C3COC3)nc2)cc1)NC(=O)[C@@H](NC(=O)O)C(C)(C)C(F)(F)F. The van der Waals surface area contributed by atoms with Gasteiger partial charge in [-0.3, -0.25) is 19.9 Å². The molecule has 23 heteroatoms. The summed E-state index contributed by atoms with van der Waals surface area (Å²) in [5.74, 6) is 2.27. The molecular weight excluding hydrogens is 970 g/mol. The minimum Gasteiger partial charge on any atom is -0.465 e. The Hall–Kier alpha value is -6.32. The van der Waals surface area contributed by atoms with Crippen molar-refractivity contribution in [2.45, 2.75) is 116 Å². The second-order valence-electron chi connectivity index (χ2n) is 20.3. The predicted octanol–water partition coefficient (Wildman–Crippen LogP) is 5.59. The average molecular weight is 1030 g/mol. The standard InChI is InChI=1S/C50H59F7N10O6/c1-48(2,3)42(58)44(69)63-65(24-35-36(51)19-31(20-37(35)52)38-16-17-66(62-38)46(53)54)25-40(68)39(60-45(70)43(61-47(71)72)49(4,5)50(55,56)57)18-29-9-6-28(7-10-29)8-11-30-12-15-41(59-21-30)64-22-32-13-14-33(23-64)67(32)34-26-73-27-34/h6-7,9-10,12,15-17,19-21,32-34,39-40,42-43,46,61,68H,13-14,18,22-27,58H2,1-5H3,(H,60,70)(H,63,69)(H,71,72)/t32?,33?,39-,40-,42?,43+/m0/s1. The van der Waals surface area contributed by atoms with Crippen LogP contribution in [-0.2, 0) is 27.3 Å². The first-order valence-corrected chi connectivity index (χ1v) is 23.6. The summed E-state index contributed by atoms with van der Waals surface area (Å²) in [5, 5.41) is 30.0. The van der Waals surface area contributed by atoms with E-state index in [1.165, 1.54) is 0 Å². The number of ether oxygens (including phenoxy) is 1. The fourth-order valence-corrected chi connectivity index (χ4v) is 9.11. The van der Waals surface area contributed by atoms with E-state index >= 15 is 8.78 Å². The zero-order chi connectivity index (χ0) is 53.2. The molecule has 2 bridgehead atoms. The van der Waals surface area contributed by atoms with E-state index < -0.39 is 96.0 Å². The number of aromatic nitrogens is 3. The molecule has 16 nitrogen and oxygen atoms in total. The van der Waals surface area contributed by atoms with Gasteiger partial charge in [-0.25, -0.2) is 28.3 Å². The average Bonchev–Trinajstić information content (AvgIpc) is 3.89. The van der Waals surface area contributed by atoms with Crippen molar-refractivity contribution >= 4 is 23.7 Å². The summed E-state index contributed by atoms with van der Waals surface area (Å²) in [6.07, 6.45) is -4.35. The van der Waals surface area contributed by atoms with Crippen LogP contribution in [0.1, 0.15) is 76.3 Å². The lowest BCUT2D eigenvalue weighted by molar-refractivity contribution is -0.220. The van der Waals surface area contributed by atoms with Crippen LogP contribution in [0.15, 0.2) is 67.0 Å². The third kappa shape index (κ3) is 12.9. The highest BCUT2D eigenvalue weighted by Gasteiger charge is 2.56. The maximum atomic E-state index is 15.8. The van der Waals surface area contributed by atoms with Gasteiger partial charge in [0.25, 0.3) is 5.91 Å². The highest BCUT2D eigenvalue weighted by molar-refractivity contribution is 5.86. The maximum absolute atomic E-state index is 15.8. The molecule has 3 amide bonds. The van der Waals surface area contributed by atoms with E-state index in [1.54, 1.807) is 56.6 Å². The fraction of sp³-hybridized carbons (Fsp3) is 0.500. The summed E-state index contributed by atoms with van der Waals surface area (Å²) in [5.41, 5.74) is 5.36. The number of carbonyl (C=O) groups is 3. The normalized spacial score (nSPS) is 19.2. The second kappa shape index (κ2) is 22.0. The molecule has 3 unspecified atom stereocenters. The van der Waals surface area contributed by atoms with Crippen molar-refractivity contribution in [2.24, 2.45) is 16.6 Å². The third-order valence-electron chi connectivity index (χ3n) is 13.7. The smallest absolute Gasteiger partial charge is 0.405 e. The first-order chi connectivity index (χ1) is 34.3. The summed E-state index contributed by atoms with van der Waals surface area (Å²) in [6.45, 7) is 4.89. The lowest BCUT2D eigenvalue weighted by atomic mass is 9.82. The van der Waals surface area contributed by atoms with Gasteiger partial charge in [0.1, 0.15) is 23.5 Å². The molecule has 3 aliphatic heterocycles. The number of piperazine rings is 1. The number of halogens is 7. The van der Waals surface area contributed by atoms with E-state index in [9.17, 15) is 46.5 Å². The number of nitrogens with two attached hydrogens (primary N) is 1. The van der Waals surface area contributed by atoms with Gasteiger partial charge in [0.2, 0.25) is 5.91 Å². The minimum atomic E-state index is -5.11. The lowest BCUT2D eigenvalue weighted by Gasteiger charge is -2.47. The number of rotatable bonds is 17. The largest absolute Gasteiger partial charge is 0.465 e. The van der Waals surface area contributed by atoms with Gasteiger partial charge in [-0.15, -0.1) is 0 Å². The number of carbonyl (C=O) groups excluding carboxylic acids is 2. The monoisotopic (exact) mass is 1030 g/mol. The Morgan fingerprint density at radius 3 is 2.03 bits per heavy atom. The number of benzene rings is 2. The number of alkyl halides is 5. The number of anilines is 1. The highest BCUT2D eigenvalue weighted by Crippen LogP contribution is 2.41. The van der Waals surface area contributed by atoms with Crippen LogP contribution < -0.4 is 26.7 Å². The predicted molar refractivity (Wildman–Crippen MR) is 253 cm³/mol. The number of pyridine rings is 1. The lowest BCUT2D eigenvalue weighted by Crippen LogP contribution is -2.62. The van der Waals surface area contributed by atoms with Gasteiger partial charge < -0.3 is 36.2 Å². The van der Waals surface area contributed by atoms with Crippen molar-refractivity contribution in [1.29, 1.82) is 0 Å². The summed E-state index contributed by atoms with van der Waals surface area (Å²) < 4.78 is 107. The Morgan fingerprint density at radius 2 is 1.51 bits per heavy atom. The quantitative estimate of drug-likeness (QED) is 0.0436. The number of hydrogen-bond acceptors (Lipinski definition) is 11. The molecule has 6 atom stereocenters. The van der Waals surface area contributed by atoms with Crippen LogP contribution in [0.4, 0.5) is 41.3 Å². The van der Waals surface area contributed by atoms with Crippen LogP contribution in [0, 0.1) is 34.3 Å². The minimum absolute atomic E-state index is 0.182. The van der Waals surface area contributed by atoms with E-state index in [-0.39, 0.29) is 22.4 Å². The van der Waals surface area contributed by atoms with E-state index in [1.807, 2.05) is 12.1 Å². The molecule has 7 rings (SSSR count). The number of nitrogens with one attached hydrogen (secondary N) is 3. The molecule has 5 heterocycles. The Bertz CT molecular complexity index is 2630. The number of nitrogens with zero attached hydrogens (tertiary/aromatic N) is 6. The van der Waals surface area contributed by atoms with Crippen LogP contribution in [0.3, 0.4) is 0 Å². The number of aliphatic hydroxyl groups excluding tert-OH is 1. The van der Waals surface area contributed by atoms with Gasteiger partial charge in [0.05, 0.1) is 48.6 Å². The summed E-state index contributed by atoms with van der Waals surface area (Å²) >= 11 is 0. The van der Waals surface area contributed by atoms with Gasteiger partial charge in [-0.05, 0) is 86.6 Å². The molecule has 2 aromatic carbocycles. The van der Waals surface area contributed by atoms with Crippen molar-refractivity contribution in [3.63, 3.8) is 0 Å². The van der Waals surface area contributed by atoms with E-state index in [0.29, 0.717) is 48.7 Å². The van der Waals surface area contributed by atoms with Crippen LogP contribution in [0.25, 0.3) is 11.3 Å². The van der Waals surface area contributed by atoms with Gasteiger partial charge in [-0.2, -0.15) is 27.1 Å². The van der Waals surface area contributed by atoms with Crippen LogP contribution in [0.2, 0.25) is 0 Å². The molecule has 3 aliphatic rings. The van der Waals surface area contributed by atoms with Crippen LogP contribution >= 0.6 is 0 Å². The van der Waals surface area contributed by atoms with Crippen molar-refractivity contribution in [2.75, 3.05) is 37.7 Å². The number of hydrazine groups is 1. The second-order valence-corrected chi connectivity index (χ2v) is 20.3. The molecule has 2 aromatic heterocycles. The van der Waals surface area contributed by atoms with Crippen LogP contribution in [0.5, 0.6) is 0 Å². The van der Waals surface area contributed by atoms with Crippen molar-refractivity contribution in [1.82, 2.24) is 40.7 Å². The van der Waals surface area contributed by atoms with Crippen molar-refractivity contribution in [3.05, 3.63) is 101 Å². The van der Waals surface area contributed by atoms with E-state index in [4.69, 9.17) is 15.5 Å². The zero-order valence-corrected chi connectivity index (χ0v) is 40.8. The number of aliphatic hydroxyl groups is 1.